The largest absolute Gasteiger partial charge is 0.465 e. The zero-order valence-electron chi connectivity index (χ0n) is 27.4. The number of ether oxygens (including phenoxy) is 2. The number of carbonyl (C=O) groups is 4. The number of amides is 3. The van der Waals surface area contributed by atoms with Gasteiger partial charge in [-0.1, -0.05) is 29.4 Å². The highest BCUT2D eigenvalue weighted by Gasteiger charge is 2.37. The third kappa shape index (κ3) is 7.28. The molecule has 0 saturated heterocycles. The molecule has 0 aliphatic carbocycles. The molecule has 1 N–H and O–H groups in total. The van der Waals surface area contributed by atoms with Gasteiger partial charge in [-0.25, -0.2) is 9.59 Å². The molecule has 3 amide bonds. The number of carbonyl (C=O) groups excluding carboxylic acids is 4. The Morgan fingerprint density at radius 1 is 1.00 bits per heavy atom. The van der Waals surface area contributed by atoms with Crippen LogP contribution in [0.15, 0.2) is 77.3 Å². The number of fused-ring (bicyclic) bond motifs is 2. The van der Waals surface area contributed by atoms with Gasteiger partial charge >= 0.3 is 12.1 Å². The van der Waals surface area contributed by atoms with E-state index in [0.29, 0.717) is 33.8 Å². The smallest absolute Gasteiger partial charge is 0.410 e. The molecule has 0 saturated carbocycles. The number of esters is 1. The first-order chi connectivity index (χ1) is 22.4. The summed E-state index contributed by atoms with van der Waals surface area (Å²) in [6.07, 6.45) is -0.488. The lowest BCUT2D eigenvalue weighted by molar-refractivity contribution is -0.120. The number of hydrogen-bond donors (Lipinski definition) is 1. The lowest BCUT2D eigenvalue weighted by Crippen LogP contribution is -2.54. The van der Waals surface area contributed by atoms with Gasteiger partial charge in [-0.3, -0.25) is 9.59 Å². The van der Waals surface area contributed by atoms with Crippen LogP contribution < -0.4 is 15.1 Å². The Bertz CT molecular complexity index is 1780. The molecule has 0 bridgehead atoms. The summed E-state index contributed by atoms with van der Waals surface area (Å²) in [4.78, 5) is 58.0. The molecule has 1 aliphatic heterocycles. The number of hydrogen-bond acceptors (Lipinski definition) is 9. The van der Waals surface area contributed by atoms with E-state index >= 15 is 0 Å². The van der Waals surface area contributed by atoms with Crippen molar-refractivity contribution in [2.24, 2.45) is 0 Å². The molecule has 2 heterocycles. The third-order valence-corrected chi connectivity index (χ3v) is 7.95. The zero-order valence-corrected chi connectivity index (χ0v) is 27.4. The van der Waals surface area contributed by atoms with E-state index in [0.717, 1.165) is 5.39 Å². The minimum atomic E-state index is -0.867. The van der Waals surface area contributed by atoms with Crippen molar-refractivity contribution in [1.29, 1.82) is 0 Å². The number of rotatable bonds is 8. The fraction of sp³-hybridized carbons (Fsp3) is 0.343. The van der Waals surface area contributed by atoms with Crippen LogP contribution in [0.25, 0.3) is 11.0 Å². The van der Waals surface area contributed by atoms with Crippen LogP contribution in [0.4, 0.5) is 16.2 Å². The van der Waals surface area contributed by atoms with Crippen LogP contribution in [0.5, 0.6) is 0 Å². The van der Waals surface area contributed by atoms with Crippen molar-refractivity contribution in [2.75, 3.05) is 37.0 Å². The minimum absolute atomic E-state index is 0.00757. The molecule has 47 heavy (non-hydrogen) atoms. The fourth-order valence-electron chi connectivity index (χ4n) is 5.28. The van der Waals surface area contributed by atoms with Crippen LogP contribution in [0, 0.1) is 0 Å². The van der Waals surface area contributed by atoms with Gasteiger partial charge in [0.2, 0.25) is 5.91 Å². The maximum Gasteiger partial charge on any atom is 0.410 e. The summed E-state index contributed by atoms with van der Waals surface area (Å²) in [5, 5.41) is 8.36. The molecule has 1 aliphatic rings. The molecule has 3 aromatic carbocycles. The first-order valence-corrected chi connectivity index (χ1v) is 15.3. The molecule has 4 aromatic rings. The molecule has 12 nitrogen and oxygen atoms in total. The molecule has 0 spiro atoms. The molecule has 246 valence electrons. The van der Waals surface area contributed by atoms with Gasteiger partial charge in [-0.15, -0.1) is 0 Å². The maximum absolute atomic E-state index is 14.4. The topological polar surface area (TPSA) is 135 Å². The van der Waals surface area contributed by atoms with Gasteiger partial charge in [0, 0.05) is 30.6 Å². The highest BCUT2D eigenvalue weighted by Crippen LogP contribution is 2.35. The normalized spacial score (nSPS) is 15.5. The van der Waals surface area contributed by atoms with Crippen LogP contribution >= 0.6 is 0 Å². The number of para-hydroxylation sites is 3. The zero-order chi connectivity index (χ0) is 33.9. The average Bonchev–Trinajstić information content (AvgIpc) is 3.43. The summed E-state index contributed by atoms with van der Waals surface area (Å²) >= 11 is 0. The highest BCUT2D eigenvalue weighted by atomic mass is 16.6. The number of anilines is 2. The summed E-state index contributed by atoms with van der Waals surface area (Å²) in [7, 11) is 2.93. The highest BCUT2D eigenvalue weighted by molar-refractivity contribution is 6.12. The molecule has 2 atom stereocenters. The predicted octanol–water partition coefficient (Wildman–Crippen LogP) is 5.02. The van der Waals surface area contributed by atoms with Crippen molar-refractivity contribution in [3.63, 3.8) is 0 Å². The van der Waals surface area contributed by atoms with E-state index in [1.807, 2.05) is 31.2 Å². The fourth-order valence-corrected chi connectivity index (χ4v) is 5.28. The van der Waals surface area contributed by atoms with Crippen molar-refractivity contribution < 1.29 is 33.2 Å². The SMILES string of the molecule is COC(=O)c1ccc(C(=O)N2C[C@H](NC[C@H](C)N(C)C(=O)OC(C)(C)C)C(=O)N(Cc3noc4ccccc34)c3ccccc32)cc1. The van der Waals surface area contributed by atoms with Crippen LogP contribution in [0.2, 0.25) is 0 Å². The van der Waals surface area contributed by atoms with Gasteiger partial charge in [0.25, 0.3) is 5.91 Å². The van der Waals surface area contributed by atoms with E-state index in [9.17, 15) is 19.2 Å². The first kappa shape index (κ1) is 33.1. The van der Waals surface area contributed by atoms with E-state index in [-0.39, 0.29) is 37.5 Å². The van der Waals surface area contributed by atoms with Crippen molar-refractivity contribution in [1.82, 2.24) is 15.4 Å². The summed E-state index contributed by atoms with van der Waals surface area (Å²) < 4.78 is 15.9. The second-order valence-electron chi connectivity index (χ2n) is 12.4. The monoisotopic (exact) mass is 641 g/mol. The van der Waals surface area contributed by atoms with E-state index in [1.54, 1.807) is 74.0 Å². The molecule has 5 rings (SSSR count). The summed E-state index contributed by atoms with van der Waals surface area (Å²) in [5.74, 6) is -1.16. The van der Waals surface area contributed by atoms with Crippen LogP contribution in [0.3, 0.4) is 0 Å². The maximum atomic E-state index is 14.4. The van der Waals surface area contributed by atoms with Gasteiger partial charge in [0.15, 0.2) is 5.58 Å². The molecule has 1 aromatic heterocycles. The standard InChI is InChI=1S/C35H39N5O7/c1-22(38(5)34(44)46-35(2,3)4)19-36-27-21-39(31(41)23-15-17-24(18-16-23)33(43)45-6)28-12-8-9-13-29(28)40(32(27)42)20-26-25-11-7-10-14-30(25)47-37-26/h7-18,22,27,36H,19-21H2,1-6H3/t22-,27-/m0/s1. The molecule has 0 fully saturated rings. The average molecular weight is 642 g/mol. The lowest BCUT2D eigenvalue weighted by Gasteiger charge is -2.31. The second-order valence-corrected chi connectivity index (χ2v) is 12.4. The Morgan fingerprint density at radius 3 is 2.32 bits per heavy atom. The Morgan fingerprint density at radius 2 is 1.64 bits per heavy atom. The van der Waals surface area contributed by atoms with E-state index in [2.05, 4.69) is 10.5 Å². The second kappa shape index (κ2) is 13.6. The third-order valence-electron chi connectivity index (χ3n) is 7.95. The van der Waals surface area contributed by atoms with Gasteiger partial charge in [-0.2, -0.15) is 0 Å². The minimum Gasteiger partial charge on any atom is -0.465 e. The van der Waals surface area contributed by atoms with Crippen LogP contribution in [0.1, 0.15) is 54.1 Å². The number of nitrogens with zero attached hydrogens (tertiary/aromatic N) is 4. The van der Waals surface area contributed by atoms with Gasteiger partial charge in [0.05, 0.1) is 37.1 Å². The van der Waals surface area contributed by atoms with Gasteiger partial charge < -0.3 is 34.0 Å². The van der Waals surface area contributed by atoms with E-state index in [4.69, 9.17) is 14.0 Å². The Balaban J connectivity index is 1.49. The Labute approximate surface area is 273 Å². The lowest BCUT2D eigenvalue weighted by atomic mass is 10.1. The van der Waals surface area contributed by atoms with Gasteiger partial charge in [-0.05, 0) is 76.2 Å². The molecular weight excluding hydrogens is 602 g/mol. The van der Waals surface area contributed by atoms with Crippen molar-refractivity contribution in [3.05, 3.63) is 89.6 Å². The summed E-state index contributed by atoms with van der Waals surface area (Å²) in [5.41, 5.74) is 2.18. The summed E-state index contributed by atoms with van der Waals surface area (Å²) in [6, 6.07) is 19.6. The van der Waals surface area contributed by atoms with Crippen molar-refractivity contribution >= 4 is 46.2 Å². The molecule has 0 unspecified atom stereocenters. The Hall–Kier alpha value is -5.23. The van der Waals surface area contributed by atoms with Crippen LogP contribution in [-0.4, -0.2) is 78.9 Å². The van der Waals surface area contributed by atoms with Crippen molar-refractivity contribution in [2.45, 2.75) is 51.9 Å². The summed E-state index contributed by atoms with van der Waals surface area (Å²) in [6.45, 7) is 7.55. The molecule has 0 radical (unpaired) electrons. The first-order valence-electron chi connectivity index (χ1n) is 15.3. The van der Waals surface area contributed by atoms with Crippen LogP contribution in [-0.2, 0) is 20.8 Å². The number of nitrogens with one attached hydrogen (secondary N) is 1. The number of methoxy groups -OCH3 is 1. The Kier molecular flexibility index (Phi) is 9.61. The number of benzene rings is 3. The molecule has 12 heteroatoms. The number of likely N-dealkylation sites (N-methyl/N-ethyl adjacent to an activating group) is 1. The number of aromatic nitrogens is 1. The van der Waals surface area contributed by atoms with E-state index in [1.165, 1.54) is 24.1 Å². The predicted molar refractivity (Wildman–Crippen MR) is 176 cm³/mol. The van der Waals surface area contributed by atoms with E-state index < -0.39 is 23.7 Å². The van der Waals surface area contributed by atoms with Gasteiger partial charge in [0.1, 0.15) is 17.3 Å². The van der Waals surface area contributed by atoms with Crippen molar-refractivity contribution in [3.8, 4) is 0 Å². The molecular formula is C35H39N5O7. The quantitative estimate of drug-likeness (QED) is 0.263.